The van der Waals surface area contributed by atoms with Crippen LogP contribution >= 0.6 is 0 Å². The van der Waals surface area contributed by atoms with Crippen LogP contribution in [-0.2, 0) is 4.79 Å². The SMILES string of the molecule is CNc1nc(NC(C)C(N)=O)c(F)cc1F. The van der Waals surface area contributed by atoms with Crippen molar-refractivity contribution in [3.63, 3.8) is 0 Å². The zero-order valence-electron chi connectivity index (χ0n) is 8.84. The van der Waals surface area contributed by atoms with Crippen molar-refractivity contribution in [1.29, 1.82) is 0 Å². The molecule has 0 saturated heterocycles. The summed E-state index contributed by atoms with van der Waals surface area (Å²) in [6, 6.07) is -0.119. The Morgan fingerprint density at radius 2 is 2.00 bits per heavy atom. The maximum Gasteiger partial charge on any atom is 0.239 e. The third-order valence-electron chi connectivity index (χ3n) is 1.95. The van der Waals surface area contributed by atoms with Crippen LogP contribution < -0.4 is 16.4 Å². The first-order valence-electron chi connectivity index (χ1n) is 4.55. The number of nitrogens with one attached hydrogen (secondary N) is 2. The Balaban J connectivity index is 3.00. The molecule has 1 aromatic heterocycles. The lowest BCUT2D eigenvalue weighted by Gasteiger charge is -2.12. The van der Waals surface area contributed by atoms with E-state index in [1.165, 1.54) is 14.0 Å². The zero-order chi connectivity index (χ0) is 12.3. The molecule has 1 aromatic rings. The summed E-state index contributed by atoms with van der Waals surface area (Å²) in [5, 5.41) is 4.90. The smallest absolute Gasteiger partial charge is 0.239 e. The predicted octanol–water partition coefficient (Wildman–Crippen LogP) is 0.687. The van der Waals surface area contributed by atoms with Gasteiger partial charge in [0.05, 0.1) is 0 Å². The number of carbonyl (C=O) groups excluding carboxylic acids is 1. The van der Waals surface area contributed by atoms with Gasteiger partial charge in [0.25, 0.3) is 0 Å². The van der Waals surface area contributed by atoms with Crippen LogP contribution in [0.15, 0.2) is 6.07 Å². The number of nitrogens with two attached hydrogens (primary N) is 1. The van der Waals surface area contributed by atoms with E-state index in [1.54, 1.807) is 0 Å². The molecule has 5 nitrogen and oxygen atoms in total. The molecule has 88 valence electrons. The molecule has 16 heavy (non-hydrogen) atoms. The van der Waals surface area contributed by atoms with Crippen LogP contribution in [0, 0.1) is 11.6 Å². The lowest BCUT2D eigenvalue weighted by molar-refractivity contribution is -0.118. The van der Waals surface area contributed by atoms with E-state index in [0.29, 0.717) is 6.07 Å². The Morgan fingerprint density at radius 1 is 1.44 bits per heavy atom. The Kier molecular flexibility index (Phi) is 3.60. The lowest BCUT2D eigenvalue weighted by atomic mass is 10.3. The number of carbonyl (C=O) groups is 1. The molecule has 0 aliphatic carbocycles. The molecular weight excluding hydrogens is 218 g/mol. The third kappa shape index (κ3) is 2.56. The number of primary amides is 1. The summed E-state index contributed by atoms with van der Waals surface area (Å²) in [6.45, 7) is 1.45. The molecule has 1 heterocycles. The Bertz CT molecular complexity index is 411. The molecule has 1 rings (SSSR count). The average Bonchev–Trinajstić information content (AvgIpc) is 2.21. The molecule has 1 atom stereocenters. The first-order valence-corrected chi connectivity index (χ1v) is 4.55. The monoisotopic (exact) mass is 230 g/mol. The molecule has 0 aromatic carbocycles. The van der Waals surface area contributed by atoms with Gasteiger partial charge in [-0.15, -0.1) is 0 Å². The first-order chi connectivity index (χ1) is 7.45. The maximum absolute atomic E-state index is 13.2. The first kappa shape index (κ1) is 12.2. The minimum atomic E-state index is -0.885. The second-order valence-corrected chi connectivity index (χ2v) is 3.17. The number of pyridine rings is 1. The number of hydrogen-bond donors (Lipinski definition) is 3. The highest BCUT2D eigenvalue weighted by molar-refractivity contribution is 5.82. The highest BCUT2D eigenvalue weighted by Gasteiger charge is 2.15. The van der Waals surface area contributed by atoms with E-state index in [1.807, 2.05) is 0 Å². The number of hydrogen-bond acceptors (Lipinski definition) is 4. The van der Waals surface area contributed by atoms with E-state index in [9.17, 15) is 13.6 Å². The third-order valence-corrected chi connectivity index (χ3v) is 1.95. The van der Waals surface area contributed by atoms with Gasteiger partial charge in [-0.25, -0.2) is 13.8 Å². The van der Waals surface area contributed by atoms with E-state index in [0.717, 1.165) is 0 Å². The maximum atomic E-state index is 13.2. The van der Waals surface area contributed by atoms with Crippen molar-refractivity contribution in [1.82, 2.24) is 4.98 Å². The summed E-state index contributed by atoms with van der Waals surface area (Å²) < 4.78 is 26.3. The van der Waals surface area contributed by atoms with Gasteiger partial charge in [0.2, 0.25) is 5.91 Å². The second-order valence-electron chi connectivity index (χ2n) is 3.17. The molecule has 0 spiro atoms. The molecule has 0 aliphatic heterocycles. The molecule has 4 N–H and O–H groups in total. The second kappa shape index (κ2) is 4.73. The molecule has 1 unspecified atom stereocenters. The van der Waals surface area contributed by atoms with E-state index < -0.39 is 23.6 Å². The predicted molar refractivity (Wildman–Crippen MR) is 56.0 cm³/mol. The minimum absolute atomic E-state index is 0.111. The molecule has 0 saturated carbocycles. The van der Waals surface area contributed by atoms with Gasteiger partial charge in [0, 0.05) is 13.1 Å². The van der Waals surface area contributed by atoms with E-state index in [-0.39, 0.29) is 11.6 Å². The highest BCUT2D eigenvalue weighted by Crippen LogP contribution is 2.18. The van der Waals surface area contributed by atoms with E-state index >= 15 is 0 Å². The van der Waals surface area contributed by atoms with Gasteiger partial charge in [-0.3, -0.25) is 4.79 Å². The fraction of sp³-hybridized carbons (Fsp3) is 0.333. The molecule has 7 heteroatoms. The molecule has 0 fully saturated rings. The summed E-state index contributed by atoms with van der Waals surface area (Å²) >= 11 is 0. The lowest BCUT2D eigenvalue weighted by Crippen LogP contribution is -2.33. The van der Waals surface area contributed by atoms with Crippen LogP contribution in [0.5, 0.6) is 0 Å². The van der Waals surface area contributed by atoms with Crippen LogP contribution in [0.25, 0.3) is 0 Å². The van der Waals surface area contributed by atoms with Crippen LogP contribution in [0.4, 0.5) is 20.4 Å². The average molecular weight is 230 g/mol. The number of nitrogens with zero attached hydrogens (tertiary/aromatic N) is 1. The van der Waals surface area contributed by atoms with E-state index in [2.05, 4.69) is 15.6 Å². The van der Waals surface area contributed by atoms with Crippen molar-refractivity contribution in [3.05, 3.63) is 17.7 Å². The Hall–Kier alpha value is -1.92. The van der Waals surface area contributed by atoms with Crippen molar-refractivity contribution in [2.24, 2.45) is 5.73 Å². The van der Waals surface area contributed by atoms with Crippen LogP contribution in [0.3, 0.4) is 0 Å². The standard InChI is InChI=1S/C9H12F2N4O/c1-4(7(12)16)14-9-6(11)3-5(10)8(13-2)15-9/h3-4H,1-2H3,(H2,12,16)(H2,13,14,15). The van der Waals surface area contributed by atoms with Crippen LogP contribution in [0.1, 0.15) is 6.92 Å². The minimum Gasteiger partial charge on any atom is -0.371 e. The van der Waals surface area contributed by atoms with Crippen molar-refractivity contribution >= 4 is 17.5 Å². The summed E-state index contributed by atoms with van der Waals surface area (Å²) in [7, 11) is 1.45. The topological polar surface area (TPSA) is 80.0 Å². The van der Waals surface area contributed by atoms with Gasteiger partial charge < -0.3 is 16.4 Å². The molecule has 0 radical (unpaired) electrons. The summed E-state index contributed by atoms with van der Waals surface area (Å²) in [4.78, 5) is 14.4. The van der Waals surface area contributed by atoms with Gasteiger partial charge >= 0.3 is 0 Å². The number of aromatic nitrogens is 1. The zero-order valence-corrected chi connectivity index (χ0v) is 8.84. The van der Waals surface area contributed by atoms with E-state index in [4.69, 9.17) is 5.73 Å². The Morgan fingerprint density at radius 3 is 2.50 bits per heavy atom. The van der Waals surface area contributed by atoms with Gasteiger partial charge in [-0.2, -0.15) is 0 Å². The van der Waals surface area contributed by atoms with Crippen molar-refractivity contribution in [2.75, 3.05) is 17.7 Å². The summed E-state index contributed by atoms with van der Waals surface area (Å²) in [6.07, 6.45) is 0. The Labute approximate surface area is 91.0 Å². The highest BCUT2D eigenvalue weighted by atomic mass is 19.1. The number of rotatable bonds is 4. The summed E-state index contributed by atoms with van der Waals surface area (Å²) in [5.74, 6) is -2.68. The van der Waals surface area contributed by atoms with Crippen molar-refractivity contribution < 1.29 is 13.6 Å². The largest absolute Gasteiger partial charge is 0.371 e. The molecule has 0 bridgehead atoms. The van der Waals surface area contributed by atoms with Gasteiger partial charge in [-0.05, 0) is 6.92 Å². The molecule has 1 amide bonds. The quantitative estimate of drug-likeness (QED) is 0.710. The number of amides is 1. The number of anilines is 2. The van der Waals surface area contributed by atoms with Crippen molar-refractivity contribution in [2.45, 2.75) is 13.0 Å². The fourth-order valence-electron chi connectivity index (χ4n) is 1.02. The normalized spacial score (nSPS) is 12.0. The van der Waals surface area contributed by atoms with Crippen LogP contribution in [0.2, 0.25) is 0 Å². The van der Waals surface area contributed by atoms with Gasteiger partial charge in [0.1, 0.15) is 6.04 Å². The molecular formula is C9H12F2N4O. The van der Waals surface area contributed by atoms with Gasteiger partial charge in [-0.1, -0.05) is 0 Å². The molecule has 0 aliphatic rings. The fourth-order valence-corrected chi connectivity index (χ4v) is 1.02. The van der Waals surface area contributed by atoms with Crippen molar-refractivity contribution in [3.8, 4) is 0 Å². The van der Waals surface area contributed by atoms with Crippen LogP contribution in [-0.4, -0.2) is 24.0 Å². The number of halogens is 2. The van der Waals surface area contributed by atoms with Gasteiger partial charge in [0.15, 0.2) is 23.3 Å². The summed E-state index contributed by atoms with van der Waals surface area (Å²) in [5.41, 5.74) is 4.99.